The van der Waals surface area contributed by atoms with Crippen molar-refractivity contribution in [1.82, 2.24) is 4.90 Å². The third-order valence-corrected chi connectivity index (χ3v) is 4.46. The van der Waals surface area contributed by atoms with Crippen LogP contribution in [0.15, 0.2) is 47.2 Å². The summed E-state index contributed by atoms with van der Waals surface area (Å²) >= 11 is 1.62. The molecule has 120 valence electrons. The van der Waals surface area contributed by atoms with Crippen molar-refractivity contribution in [2.24, 2.45) is 0 Å². The largest absolute Gasteiger partial charge is 0.448 e. The number of rotatable bonds is 6. The van der Waals surface area contributed by atoms with Gasteiger partial charge in [0.25, 0.3) is 0 Å². The first-order valence-electron chi connectivity index (χ1n) is 7.52. The average molecular weight is 330 g/mol. The lowest BCUT2D eigenvalue weighted by atomic mass is 10.2. The van der Waals surface area contributed by atoms with Gasteiger partial charge in [-0.1, -0.05) is 18.2 Å². The molecule has 0 atom stereocenters. The van der Waals surface area contributed by atoms with E-state index in [1.54, 1.807) is 21.1 Å². The van der Waals surface area contributed by atoms with Crippen molar-refractivity contribution in [1.29, 1.82) is 0 Å². The van der Waals surface area contributed by atoms with E-state index in [4.69, 9.17) is 4.74 Å². The molecule has 0 spiro atoms. The van der Waals surface area contributed by atoms with Gasteiger partial charge in [-0.2, -0.15) is 11.3 Å². The van der Waals surface area contributed by atoms with Gasteiger partial charge in [-0.25, -0.2) is 4.79 Å². The minimum absolute atomic E-state index is 0.00194. The average Bonchev–Trinajstić information content (AvgIpc) is 3.23. The summed E-state index contributed by atoms with van der Waals surface area (Å²) in [4.78, 5) is 27.5. The Morgan fingerprint density at radius 1 is 1.26 bits per heavy atom. The highest BCUT2D eigenvalue weighted by molar-refractivity contribution is 7.07. The van der Waals surface area contributed by atoms with Crippen molar-refractivity contribution < 1.29 is 14.3 Å². The molecule has 1 aromatic heterocycles. The summed E-state index contributed by atoms with van der Waals surface area (Å²) in [6.45, 7) is 1.90. The maximum absolute atomic E-state index is 12.7. The fourth-order valence-electron chi connectivity index (χ4n) is 2.49. The molecular formula is C17H18N2O3S. The molecule has 5 nitrogen and oxygen atoms in total. The lowest BCUT2D eigenvalue weighted by molar-refractivity contribution is -0.118. The molecule has 0 unspecified atom stereocenters. The van der Waals surface area contributed by atoms with Crippen molar-refractivity contribution in [2.45, 2.75) is 13.0 Å². The van der Waals surface area contributed by atoms with Crippen LogP contribution in [0.5, 0.6) is 0 Å². The zero-order valence-corrected chi connectivity index (χ0v) is 13.5. The fraction of sp³-hybridized carbons (Fsp3) is 0.294. The Balaban J connectivity index is 1.69. The molecule has 0 radical (unpaired) electrons. The van der Waals surface area contributed by atoms with E-state index in [0.29, 0.717) is 26.2 Å². The lowest BCUT2D eigenvalue weighted by Gasteiger charge is -2.23. The SMILES string of the molecule is O=C1OCCN1CCC(=O)N(Cc1ccsc1)c1ccccc1. The highest BCUT2D eigenvalue weighted by Gasteiger charge is 2.24. The Morgan fingerprint density at radius 2 is 2.09 bits per heavy atom. The second kappa shape index (κ2) is 7.28. The van der Waals surface area contributed by atoms with Crippen LogP contribution in [0.1, 0.15) is 12.0 Å². The maximum atomic E-state index is 12.7. The predicted molar refractivity (Wildman–Crippen MR) is 89.5 cm³/mol. The van der Waals surface area contributed by atoms with Crippen molar-refractivity contribution >= 4 is 29.0 Å². The fourth-order valence-corrected chi connectivity index (χ4v) is 3.15. The first-order valence-corrected chi connectivity index (χ1v) is 8.46. The van der Waals surface area contributed by atoms with E-state index in [0.717, 1.165) is 11.3 Å². The summed E-state index contributed by atoms with van der Waals surface area (Å²) in [6, 6.07) is 11.6. The molecule has 3 rings (SSSR count). The number of nitrogens with zero attached hydrogens (tertiary/aromatic N) is 2. The Bertz CT molecular complexity index is 658. The van der Waals surface area contributed by atoms with E-state index in [2.05, 4.69) is 0 Å². The van der Waals surface area contributed by atoms with Crippen LogP contribution in [0, 0.1) is 0 Å². The Morgan fingerprint density at radius 3 is 2.74 bits per heavy atom. The molecular weight excluding hydrogens is 312 g/mol. The number of carbonyl (C=O) groups is 2. The molecule has 1 aliphatic heterocycles. The number of amides is 2. The number of carbonyl (C=O) groups excluding carboxylic acids is 2. The summed E-state index contributed by atoms with van der Waals surface area (Å²) in [5, 5.41) is 4.05. The standard InChI is InChI=1S/C17H18N2O3S/c20-16(6-8-18-9-10-22-17(18)21)19(12-14-7-11-23-13-14)15-4-2-1-3-5-15/h1-5,7,11,13H,6,8-10,12H2. The highest BCUT2D eigenvalue weighted by atomic mass is 32.1. The van der Waals surface area contributed by atoms with E-state index < -0.39 is 0 Å². The normalized spacial score (nSPS) is 13.9. The van der Waals surface area contributed by atoms with E-state index in [1.807, 2.05) is 47.2 Å². The number of anilines is 1. The Kier molecular flexibility index (Phi) is 4.92. The van der Waals surface area contributed by atoms with Gasteiger partial charge in [0.15, 0.2) is 0 Å². The number of hydrogen-bond donors (Lipinski definition) is 0. The van der Waals surface area contributed by atoms with Crippen molar-refractivity contribution in [3.8, 4) is 0 Å². The first kappa shape index (κ1) is 15.6. The monoisotopic (exact) mass is 330 g/mol. The molecule has 0 bridgehead atoms. The molecule has 2 aromatic rings. The minimum atomic E-state index is -0.332. The number of ether oxygens (including phenoxy) is 1. The second-order valence-electron chi connectivity index (χ2n) is 5.30. The first-order chi connectivity index (χ1) is 11.2. The number of cyclic esters (lactones) is 1. The highest BCUT2D eigenvalue weighted by Crippen LogP contribution is 2.19. The molecule has 1 aliphatic rings. The quantitative estimate of drug-likeness (QED) is 0.818. The van der Waals surface area contributed by atoms with Crippen molar-refractivity contribution in [3.05, 3.63) is 52.7 Å². The molecule has 23 heavy (non-hydrogen) atoms. The van der Waals surface area contributed by atoms with E-state index in [1.165, 1.54) is 0 Å². The summed E-state index contributed by atoms with van der Waals surface area (Å²) in [6.07, 6.45) is -0.0457. The number of para-hydroxylation sites is 1. The minimum Gasteiger partial charge on any atom is -0.448 e. The van der Waals surface area contributed by atoms with Gasteiger partial charge >= 0.3 is 6.09 Å². The van der Waals surface area contributed by atoms with Crippen LogP contribution in [0.4, 0.5) is 10.5 Å². The van der Waals surface area contributed by atoms with Crippen LogP contribution >= 0.6 is 11.3 Å². The van der Waals surface area contributed by atoms with Crippen LogP contribution in [-0.2, 0) is 16.1 Å². The van der Waals surface area contributed by atoms with Gasteiger partial charge in [-0.3, -0.25) is 4.79 Å². The third kappa shape index (κ3) is 3.90. The molecule has 0 saturated carbocycles. The molecule has 2 heterocycles. The Hall–Kier alpha value is -2.34. The summed E-state index contributed by atoms with van der Waals surface area (Å²) < 4.78 is 4.89. The van der Waals surface area contributed by atoms with Gasteiger partial charge in [0.05, 0.1) is 13.1 Å². The van der Waals surface area contributed by atoms with Crippen molar-refractivity contribution in [3.63, 3.8) is 0 Å². The molecule has 0 aliphatic carbocycles. The maximum Gasteiger partial charge on any atom is 0.409 e. The third-order valence-electron chi connectivity index (χ3n) is 3.73. The van der Waals surface area contributed by atoms with Gasteiger partial charge in [-0.05, 0) is 34.5 Å². The Labute approximate surface area is 139 Å². The van der Waals surface area contributed by atoms with Gasteiger partial charge in [0.2, 0.25) is 5.91 Å². The number of benzene rings is 1. The lowest BCUT2D eigenvalue weighted by Crippen LogP contribution is -2.34. The van der Waals surface area contributed by atoms with Gasteiger partial charge in [0, 0.05) is 18.7 Å². The second-order valence-corrected chi connectivity index (χ2v) is 6.08. The molecule has 1 saturated heterocycles. The summed E-state index contributed by atoms with van der Waals surface area (Å²) in [7, 11) is 0. The number of thiophene rings is 1. The van der Waals surface area contributed by atoms with Crippen LogP contribution in [0.3, 0.4) is 0 Å². The van der Waals surface area contributed by atoms with Gasteiger partial charge in [0.1, 0.15) is 6.61 Å². The zero-order chi connectivity index (χ0) is 16.1. The van der Waals surface area contributed by atoms with E-state index in [-0.39, 0.29) is 18.4 Å². The van der Waals surface area contributed by atoms with Crippen LogP contribution in [-0.4, -0.2) is 36.6 Å². The molecule has 6 heteroatoms. The van der Waals surface area contributed by atoms with Crippen LogP contribution in [0.2, 0.25) is 0 Å². The van der Waals surface area contributed by atoms with E-state index in [9.17, 15) is 9.59 Å². The van der Waals surface area contributed by atoms with Crippen LogP contribution in [0.25, 0.3) is 0 Å². The topological polar surface area (TPSA) is 49.9 Å². The molecule has 2 amide bonds. The van der Waals surface area contributed by atoms with E-state index >= 15 is 0 Å². The summed E-state index contributed by atoms with van der Waals surface area (Å²) in [5.74, 6) is 0.00194. The molecule has 1 aromatic carbocycles. The smallest absolute Gasteiger partial charge is 0.409 e. The number of hydrogen-bond acceptors (Lipinski definition) is 4. The zero-order valence-electron chi connectivity index (χ0n) is 12.7. The van der Waals surface area contributed by atoms with Crippen molar-refractivity contribution in [2.75, 3.05) is 24.6 Å². The predicted octanol–water partition coefficient (Wildman–Crippen LogP) is 3.12. The van der Waals surface area contributed by atoms with Gasteiger partial charge in [-0.15, -0.1) is 0 Å². The summed E-state index contributed by atoms with van der Waals surface area (Å²) in [5.41, 5.74) is 1.97. The molecule has 0 N–H and O–H groups in total. The van der Waals surface area contributed by atoms with Crippen LogP contribution < -0.4 is 4.90 Å². The van der Waals surface area contributed by atoms with Gasteiger partial charge < -0.3 is 14.5 Å². The molecule has 1 fully saturated rings.